The summed E-state index contributed by atoms with van der Waals surface area (Å²) in [6.45, 7) is 1.34. The van der Waals surface area contributed by atoms with E-state index in [9.17, 15) is 18.0 Å². The first-order valence-corrected chi connectivity index (χ1v) is 7.40. The number of amides is 1. The Hall–Kier alpha value is -2.42. The Labute approximate surface area is 135 Å². The highest BCUT2D eigenvalue weighted by molar-refractivity contribution is 6.03. The number of aromatic nitrogens is 3. The predicted octanol–water partition coefficient (Wildman–Crippen LogP) is 2.73. The second-order valence-corrected chi connectivity index (χ2v) is 5.47. The van der Waals surface area contributed by atoms with Gasteiger partial charge in [0.05, 0.1) is 30.1 Å². The third-order valence-corrected chi connectivity index (χ3v) is 3.62. The molecule has 1 aliphatic rings. The van der Waals surface area contributed by atoms with Gasteiger partial charge in [0.1, 0.15) is 5.69 Å². The van der Waals surface area contributed by atoms with Crippen molar-refractivity contribution in [3.63, 3.8) is 0 Å². The van der Waals surface area contributed by atoms with Gasteiger partial charge in [-0.15, -0.1) is 0 Å². The molecule has 2 aromatic heterocycles. The number of alkyl halides is 3. The van der Waals surface area contributed by atoms with Crippen molar-refractivity contribution in [3.05, 3.63) is 42.0 Å². The lowest BCUT2D eigenvalue weighted by molar-refractivity contribution is -0.141. The lowest BCUT2D eigenvalue weighted by Crippen LogP contribution is -2.15. The third kappa shape index (κ3) is 3.91. The van der Waals surface area contributed by atoms with E-state index >= 15 is 0 Å². The van der Waals surface area contributed by atoms with E-state index < -0.39 is 17.8 Å². The van der Waals surface area contributed by atoms with E-state index in [1.54, 1.807) is 10.9 Å². The van der Waals surface area contributed by atoms with Crippen LogP contribution < -0.4 is 5.32 Å². The first-order valence-electron chi connectivity index (χ1n) is 7.40. The highest BCUT2D eigenvalue weighted by Gasteiger charge is 2.32. The molecular weight excluding hydrogens is 325 g/mol. The molecule has 0 aromatic carbocycles. The number of halogens is 3. The largest absolute Gasteiger partial charge is 0.433 e. The van der Waals surface area contributed by atoms with E-state index in [0.717, 1.165) is 37.8 Å². The average molecular weight is 340 g/mol. The van der Waals surface area contributed by atoms with Gasteiger partial charge in [0.15, 0.2) is 0 Å². The molecule has 1 N–H and O–H groups in total. The summed E-state index contributed by atoms with van der Waals surface area (Å²) in [5.41, 5.74) is -0.545. The Morgan fingerprint density at radius 1 is 1.38 bits per heavy atom. The number of hydrogen-bond acceptors (Lipinski definition) is 4. The summed E-state index contributed by atoms with van der Waals surface area (Å²) in [7, 11) is 0. The molecule has 0 radical (unpaired) electrons. The second kappa shape index (κ2) is 6.60. The van der Waals surface area contributed by atoms with Crippen LogP contribution >= 0.6 is 0 Å². The quantitative estimate of drug-likeness (QED) is 0.929. The molecule has 1 saturated heterocycles. The van der Waals surface area contributed by atoms with Gasteiger partial charge in [-0.25, -0.2) is 0 Å². The van der Waals surface area contributed by atoms with Crippen LogP contribution in [-0.4, -0.2) is 33.4 Å². The fourth-order valence-electron chi connectivity index (χ4n) is 2.42. The minimum atomic E-state index is -4.53. The molecular formula is C15H15F3N4O2. The van der Waals surface area contributed by atoms with Crippen molar-refractivity contribution in [3.8, 4) is 0 Å². The summed E-state index contributed by atoms with van der Waals surface area (Å²) in [5.74, 6) is -0.548. The average Bonchev–Trinajstić information content (AvgIpc) is 3.19. The molecule has 0 bridgehead atoms. The Bertz CT molecular complexity index is 706. The first-order chi connectivity index (χ1) is 11.4. The highest BCUT2D eigenvalue weighted by atomic mass is 19.4. The van der Waals surface area contributed by atoms with Crippen molar-refractivity contribution >= 4 is 11.6 Å². The third-order valence-electron chi connectivity index (χ3n) is 3.62. The summed E-state index contributed by atoms with van der Waals surface area (Å²) < 4.78 is 44.5. The Kier molecular flexibility index (Phi) is 4.52. The Morgan fingerprint density at radius 3 is 2.83 bits per heavy atom. The van der Waals surface area contributed by atoms with Crippen LogP contribution in [0.15, 0.2) is 30.7 Å². The molecule has 1 aliphatic heterocycles. The SMILES string of the molecule is O=C(Nc1cnn(CC2CCCO2)c1)c1ccc(C(F)(F)F)nc1. The maximum absolute atomic E-state index is 12.5. The molecule has 1 atom stereocenters. The molecule has 0 spiro atoms. The summed E-state index contributed by atoms with van der Waals surface area (Å²) in [6.07, 6.45) is 1.61. The van der Waals surface area contributed by atoms with Crippen LogP contribution in [0.2, 0.25) is 0 Å². The molecule has 9 heteroatoms. The van der Waals surface area contributed by atoms with Crippen molar-refractivity contribution in [1.29, 1.82) is 0 Å². The number of rotatable bonds is 4. The topological polar surface area (TPSA) is 69.0 Å². The number of nitrogens with one attached hydrogen (secondary N) is 1. The van der Waals surface area contributed by atoms with E-state index in [0.29, 0.717) is 12.2 Å². The zero-order chi connectivity index (χ0) is 17.2. The summed E-state index contributed by atoms with van der Waals surface area (Å²) in [4.78, 5) is 15.3. The minimum absolute atomic E-state index is 0.0369. The molecule has 0 aliphatic carbocycles. The van der Waals surface area contributed by atoms with Gasteiger partial charge in [-0.1, -0.05) is 0 Å². The van der Waals surface area contributed by atoms with Gasteiger partial charge >= 0.3 is 6.18 Å². The van der Waals surface area contributed by atoms with Crippen LogP contribution in [0.1, 0.15) is 28.9 Å². The molecule has 1 unspecified atom stereocenters. The van der Waals surface area contributed by atoms with Crippen LogP contribution in [0.25, 0.3) is 0 Å². The van der Waals surface area contributed by atoms with Gasteiger partial charge < -0.3 is 10.1 Å². The summed E-state index contributed by atoms with van der Waals surface area (Å²) in [6, 6.07) is 1.86. The van der Waals surface area contributed by atoms with Crippen LogP contribution in [-0.2, 0) is 17.5 Å². The van der Waals surface area contributed by atoms with Gasteiger partial charge in [-0.3, -0.25) is 14.5 Å². The highest BCUT2D eigenvalue weighted by Crippen LogP contribution is 2.27. The molecule has 128 valence electrons. The first kappa shape index (κ1) is 16.4. The lowest BCUT2D eigenvalue weighted by atomic mass is 10.2. The molecule has 2 aromatic rings. The van der Waals surface area contributed by atoms with Crippen molar-refractivity contribution in [2.75, 3.05) is 11.9 Å². The van der Waals surface area contributed by atoms with Crippen molar-refractivity contribution in [2.24, 2.45) is 0 Å². The standard InChI is InChI=1S/C15H15F3N4O2/c16-15(17,18)13-4-3-10(6-19-13)14(23)21-11-7-20-22(8-11)9-12-2-1-5-24-12/h3-4,6-8,12H,1-2,5,9H2,(H,21,23). The zero-order valence-corrected chi connectivity index (χ0v) is 12.6. The maximum atomic E-state index is 12.5. The molecule has 24 heavy (non-hydrogen) atoms. The Morgan fingerprint density at radius 2 is 2.21 bits per heavy atom. The smallest absolute Gasteiger partial charge is 0.376 e. The van der Waals surface area contributed by atoms with E-state index in [4.69, 9.17) is 4.74 Å². The molecule has 0 saturated carbocycles. The summed E-state index contributed by atoms with van der Waals surface area (Å²) in [5, 5.41) is 6.71. The molecule has 1 fully saturated rings. The van der Waals surface area contributed by atoms with Crippen LogP contribution in [0.4, 0.5) is 18.9 Å². The fraction of sp³-hybridized carbons (Fsp3) is 0.400. The van der Waals surface area contributed by atoms with E-state index in [1.807, 2.05) is 0 Å². The fourth-order valence-corrected chi connectivity index (χ4v) is 2.42. The van der Waals surface area contributed by atoms with Crippen LogP contribution in [0.5, 0.6) is 0 Å². The van der Waals surface area contributed by atoms with Crippen molar-refractivity contribution in [2.45, 2.75) is 31.7 Å². The van der Waals surface area contributed by atoms with Gasteiger partial charge in [0.25, 0.3) is 5.91 Å². The second-order valence-electron chi connectivity index (χ2n) is 5.47. The number of ether oxygens (including phenoxy) is 1. The van der Waals surface area contributed by atoms with Crippen molar-refractivity contribution < 1.29 is 22.7 Å². The monoisotopic (exact) mass is 340 g/mol. The Balaban J connectivity index is 1.61. The van der Waals surface area contributed by atoms with E-state index in [-0.39, 0.29) is 11.7 Å². The number of anilines is 1. The lowest BCUT2D eigenvalue weighted by Gasteiger charge is -2.08. The van der Waals surface area contributed by atoms with Crippen LogP contribution in [0, 0.1) is 0 Å². The minimum Gasteiger partial charge on any atom is -0.376 e. The predicted molar refractivity (Wildman–Crippen MR) is 78.4 cm³/mol. The number of pyridine rings is 1. The van der Waals surface area contributed by atoms with Gasteiger partial charge in [0, 0.05) is 19.0 Å². The summed E-state index contributed by atoms with van der Waals surface area (Å²) >= 11 is 0. The van der Waals surface area contributed by atoms with E-state index in [2.05, 4.69) is 15.4 Å². The normalized spacial score (nSPS) is 17.9. The van der Waals surface area contributed by atoms with E-state index in [1.165, 1.54) is 6.20 Å². The van der Waals surface area contributed by atoms with Gasteiger partial charge in [0.2, 0.25) is 0 Å². The molecule has 3 rings (SSSR count). The van der Waals surface area contributed by atoms with Gasteiger partial charge in [-0.2, -0.15) is 18.3 Å². The number of carbonyl (C=O) groups is 1. The van der Waals surface area contributed by atoms with Crippen molar-refractivity contribution in [1.82, 2.24) is 14.8 Å². The number of nitrogens with zero attached hydrogens (tertiary/aromatic N) is 3. The molecule has 1 amide bonds. The van der Waals surface area contributed by atoms with Gasteiger partial charge in [-0.05, 0) is 25.0 Å². The number of carbonyl (C=O) groups excluding carboxylic acids is 1. The molecule has 6 nitrogen and oxygen atoms in total. The zero-order valence-electron chi connectivity index (χ0n) is 12.6. The maximum Gasteiger partial charge on any atom is 0.433 e. The number of hydrogen-bond donors (Lipinski definition) is 1. The molecule has 3 heterocycles. The van der Waals surface area contributed by atoms with Crippen LogP contribution in [0.3, 0.4) is 0 Å².